The van der Waals surface area contributed by atoms with Crippen LogP contribution in [0.25, 0.3) is 0 Å². The Hall–Kier alpha value is -1.91. The number of hydrogen-bond acceptors (Lipinski definition) is 4. The van der Waals surface area contributed by atoms with Gasteiger partial charge >= 0.3 is 6.09 Å². The molecule has 0 bridgehead atoms. The molecule has 0 aromatic heterocycles. The predicted molar refractivity (Wildman–Crippen MR) is 65.7 cm³/mol. The van der Waals surface area contributed by atoms with E-state index in [9.17, 15) is 9.90 Å². The van der Waals surface area contributed by atoms with Gasteiger partial charge in [-0.25, -0.2) is 4.79 Å². The van der Waals surface area contributed by atoms with E-state index in [1.54, 1.807) is 18.2 Å². The minimum absolute atomic E-state index is 0.0558. The van der Waals surface area contributed by atoms with Crippen LogP contribution in [-0.4, -0.2) is 24.9 Å². The molecule has 0 spiro atoms. The van der Waals surface area contributed by atoms with Gasteiger partial charge in [-0.2, -0.15) is 0 Å². The van der Waals surface area contributed by atoms with Crippen LogP contribution in [0.1, 0.15) is 25.5 Å². The molecule has 1 aromatic rings. The van der Waals surface area contributed by atoms with Crippen molar-refractivity contribution in [2.45, 2.75) is 19.9 Å². The van der Waals surface area contributed by atoms with Crippen LogP contribution in [0, 0.1) is 5.41 Å². The van der Waals surface area contributed by atoms with Gasteiger partial charge in [0.25, 0.3) is 0 Å². The molecule has 2 rings (SSSR count). The first-order valence-corrected chi connectivity index (χ1v) is 5.75. The number of carbonyl (C=O) groups is 1. The Morgan fingerprint density at radius 2 is 2.22 bits per heavy atom. The summed E-state index contributed by atoms with van der Waals surface area (Å²) in [5.41, 5.74) is 0.327. The minimum Gasteiger partial charge on any atom is -0.504 e. The number of alkyl carbamates (subject to hydrolysis) is 1. The molecule has 0 unspecified atom stereocenters. The third-order valence-corrected chi connectivity index (χ3v) is 3.18. The summed E-state index contributed by atoms with van der Waals surface area (Å²) < 4.78 is 10.1. The molecule has 1 fully saturated rings. The van der Waals surface area contributed by atoms with Crippen LogP contribution in [0.5, 0.6) is 11.5 Å². The lowest BCUT2D eigenvalue weighted by Gasteiger charge is -2.38. The van der Waals surface area contributed by atoms with Crippen molar-refractivity contribution in [2.24, 2.45) is 5.41 Å². The number of aromatic hydroxyl groups is 1. The van der Waals surface area contributed by atoms with Crippen molar-refractivity contribution in [1.29, 1.82) is 0 Å². The molecule has 18 heavy (non-hydrogen) atoms. The lowest BCUT2D eigenvalue weighted by Crippen LogP contribution is -2.46. The van der Waals surface area contributed by atoms with Gasteiger partial charge in [-0.3, -0.25) is 0 Å². The number of phenolic OH excluding ortho intramolecular Hbond substituents is 1. The topological polar surface area (TPSA) is 67.8 Å². The number of cyclic esters (lactones) is 1. The number of rotatable bonds is 2. The van der Waals surface area contributed by atoms with E-state index in [4.69, 9.17) is 9.47 Å². The quantitative estimate of drug-likeness (QED) is 0.845. The zero-order valence-corrected chi connectivity index (χ0v) is 10.7. The van der Waals surface area contributed by atoms with Crippen molar-refractivity contribution in [1.82, 2.24) is 5.32 Å². The largest absolute Gasteiger partial charge is 0.504 e. The van der Waals surface area contributed by atoms with Gasteiger partial charge < -0.3 is 19.9 Å². The highest BCUT2D eigenvalue weighted by atomic mass is 16.6. The normalized spacial score (nSPS) is 21.9. The summed E-state index contributed by atoms with van der Waals surface area (Å²) in [5.74, 6) is 0.448. The number of carbonyl (C=O) groups excluding carboxylic acids is 1. The molecule has 1 aromatic carbocycles. The standard InChI is InChI=1S/C13H17NO4/c1-13(2)7-18-12(16)14-11(13)8-5-4-6-9(17-3)10(8)15/h4-6,11,15H,7H2,1-3H3,(H,14,16)/t11-/m1/s1. The Labute approximate surface area is 106 Å². The number of phenols is 1. The molecule has 2 N–H and O–H groups in total. The lowest BCUT2D eigenvalue weighted by atomic mass is 9.80. The van der Waals surface area contributed by atoms with Crippen molar-refractivity contribution in [3.8, 4) is 11.5 Å². The summed E-state index contributed by atoms with van der Waals surface area (Å²) in [6.45, 7) is 4.24. The molecule has 1 aliphatic rings. The average Bonchev–Trinajstić information content (AvgIpc) is 2.33. The van der Waals surface area contributed by atoms with E-state index in [1.807, 2.05) is 13.8 Å². The summed E-state index contributed by atoms with van der Waals surface area (Å²) in [4.78, 5) is 11.4. The van der Waals surface area contributed by atoms with E-state index in [2.05, 4.69) is 5.32 Å². The van der Waals surface area contributed by atoms with Crippen LogP contribution in [-0.2, 0) is 4.74 Å². The Morgan fingerprint density at radius 3 is 2.89 bits per heavy atom. The summed E-state index contributed by atoms with van der Waals surface area (Å²) in [5, 5.41) is 12.9. The molecule has 0 radical (unpaired) electrons. The van der Waals surface area contributed by atoms with E-state index >= 15 is 0 Å². The van der Waals surface area contributed by atoms with E-state index in [0.717, 1.165) is 0 Å². The number of amides is 1. The van der Waals surface area contributed by atoms with Crippen LogP contribution < -0.4 is 10.1 Å². The van der Waals surface area contributed by atoms with Gasteiger partial charge in [-0.15, -0.1) is 0 Å². The second-order valence-electron chi connectivity index (χ2n) is 5.04. The van der Waals surface area contributed by atoms with Crippen molar-refractivity contribution >= 4 is 6.09 Å². The first kappa shape index (κ1) is 12.5. The molecule has 5 nitrogen and oxygen atoms in total. The second-order valence-corrected chi connectivity index (χ2v) is 5.04. The van der Waals surface area contributed by atoms with Gasteiger partial charge in [0.05, 0.1) is 13.2 Å². The maximum atomic E-state index is 11.4. The molecule has 0 aliphatic carbocycles. The van der Waals surface area contributed by atoms with E-state index in [1.165, 1.54) is 7.11 Å². The molecule has 98 valence electrons. The number of ether oxygens (including phenoxy) is 2. The molecular formula is C13H17NO4. The van der Waals surface area contributed by atoms with Crippen LogP contribution in [0.4, 0.5) is 4.79 Å². The van der Waals surface area contributed by atoms with Crippen LogP contribution >= 0.6 is 0 Å². The van der Waals surface area contributed by atoms with Crippen LogP contribution in [0.3, 0.4) is 0 Å². The Bertz CT molecular complexity index is 470. The van der Waals surface area contributed by atoms with Crippen molar-refractivity contribution in [2.75, 3.05) is 13.7 Å². The Balaban J connectivity index is 2.43. The Morgan fingerprint density at radius 1 is 1.50 bits per heavy atom. The van der Waals surface area contributed by atoms with Crippen molar-refractivity contribution in [3.63, 3.8) is 0 Å². The van der Waals surface area contributed by atoms with Crippen molar-refractivity contribution < 1.29 is 19.4 Å². The highest BCUT2D eigenvalue weighted by Gasteiger charge is 2.39. The molecular weight excluding hydrogens is 234 g/mol. The van der Waals surface area contributed by atoms with Gasteiger partial charge in [0.15, 0.2) is 11.5 Å². The number of para-hydroxylation sites is 1. The molecule has 1 saturated heterocycles. The maximum absolute atomic E-state index is 11.4. The zero-order chi connectivity index (χ0) is 13.3. The predicted octanol–water partition coefficient (Wildman–Crippen LogP) is 2.21. The number of nitrogens with one attached hydrogen (secondary N) is 1. The van der Waals surface area contributed by atoms with Gasteiger partial charge in [-0.1, -0.05) is 26.0 Å². The van der Waals surface area contributed by atoms with E-state index < -0.39 is 6.09 Å². The summed E-state index contributed by atoms with van der Waals surface area (Å²) in [7, 11) is 1.49. The first-order valence-electron chi connectivity index (χ1n) is 5.75. The first-order chi connectivity index (χ1) is 8.45. The number of methoxy groups -OCH3 is 1. The average molecular weight is 251 g/mol. The highest BCUT2D eigenvalue weighted by molar-refractivity contribution is 5.69. The molecule has 1 aliphatic heterocycles. The third kappa shape index (κ3) is 2.08. The molecule has 1 amide bonds. The SMILES string of the molecule is COc1cccc([C@H]2NC(=O)OCC2(C)C)c1O. The van der Waals surface area contributed by atoms with Gasteiger partial charge in [0.1, 0.15) is 6.61 Å². The Kier molecular flexibility index (Phi) is 3.07. The fraction of sp³-hybridized carbons (Fsp3) is 0.462. The number of benzene rings is 1. The fourth-order valence-electron chi connectivity index (χ4n) is 2.13. The van der Waals surface area contributed by atoms with E-state index in [0.29, 0.717) is 17.9 Å². The lowest BCUT2D eigenvalue weighted by molar-refractivity contribution is 0.0380. The highest BCUT2D eigenvalue weighted by Crippen LogP contribution is 2.42. The monoisotopic (exact) mass is 251 g/mol. The van der Waals surface area contributed by atoms with Crippen LogP contribution in [0.15, 0.2) is 18.2 Å². The van der Waals surface area contributed by atoms with Gasteiger partial charge in [-0.05, 0) is 6.07 Å². The smallest absolute Gasteiger partial charge is 0.407 e. The second kappa shape index (κ2) is 4.40. The maximum Gasteiger partial charge on any atom is 0.407 e. The molecule has 5 heteroatoms. The van der Waals surface area contributed by atoms with Crippen LogP contribution in [0.2, 0.25) is 0 Å². The fourth-order valence-corrected chi connectivity index (χ4v) is 2.13. The summed E-state index contributed by atoms with van der Waals surface area (Å²) in [6, 6.07) is 4.92. The molecule has 1 heterocycles. The molecule has 0 saturated carbocycles. The number of hydrogen-bond donors (Lipinski definition) is 2. The van der Waals surface area contributed by atoms with E-state index in [-0.39, 0.29) is 17.2 Å². The minimum atomic E-state index is -0.471. The van der Waals surface area contributed by atoms with Crippen molar-refractivity contribution in [3.05, 3.63) is 23.8 Å². The molecule has 1 atom stereocenters. The third-order valence-electron chi connectivity index (χ3n) is 3.18. The summed E-state index contributed by atoms with van der Waals surface area (Å²) in [6.07, 6.45) is -0.471. The van der Waals surface area contributed by atoms with Gasteiger partial charge in [0.2, 0.25) is 0 Å². The van der Waals surface area contributed by atoms with Gasteiger partial charge in [0, 0.05) is 11.0 Å². The summed E-state index contributed by atoms with van der Waals surface area (Å²) >= 11 is 0. The zero-order valence-electron chi connectivity index (χ0n) is 10.7.